The zero-order chi connectivity index (χ0) is 13.6. The van der Waals surface area contributed by atoms with Gasteiger partial charge in [0.25, 0.3) is 5.92 Å². The summed E-state index contributed by atoms with van der Waals surface area (Å²) in [5.74, 6) is -2.71. The van der Waals surface area contributed by atoms with E-state index in [1.54, 1.807) is 4.57 Å². The van der Waals surface area contributed by atoms with Crippen LogP contribution in [0.1, 0.15) is 18.2 Å². The summed E-state index contributed by atoms with van der Waals surface area (Å²) in [6.45, 7) is 2.28. The predicted molar refractivity (Wildman–Crippen MR) is 75.8 cm³/mol. The fraction of sp³-hybridized carbons (Fsp3) is 0.429. The van der Waals surface area contributed by atoms with Crippen molar-refractivity contribution >= 4 is 26.8 Å². The van der Waals surface area contributed by atoms with E-state index in [1.165, 1.54) is 0 Å². The lowest BCUT2D eigenvalue weighted by Crippen LogP contribution is -2.47. The normalized spacial score (nSPS) is 22.8. The van der Waals surface area contributed by atoms with Crippen molar-refractivity contribution < 1.29 is 8.78 Å². The average Bonchev–Trinajstić information content (AvgIpc) is 2.67. The van der Waals surface area contributed by atoms with E-state index in [1.807, 2.05) is 31.2 Å². The third-order valence-corrected chi connectivity index (χ3v) is 4.47. The Bertz CT molecular complexity index is 621. The highest BCUT2D eigenvalue weighted by molar-refractivity contribution is 9.10. The van der Waals surface area contributed by atoms with Crippen LogP contribution in [-0.4, -0.2) is 23.6 Å². The number of rotatable bonds is 1. The number of nitrogens with one attached hydrogen (secondary N) is 1. The van der Waals surface area contributed by atoms with E-state index in [0.717, 1.165) is 21.1 Å². The van der Waals surface area contributed by atoms with Crippen LogP contribution >= 0.6 is 15.9 Å². The van der Waals surface area contributed by atoms with Crippen LogP contribution < -0.4 is 5.32 Å². The third kappa shape index (κ3) is 2.09. The number of alkyl halides is 2. The zero-order valence-corrected chi connectivity index (χ0v) is 12.2. The van der Waals surface area contributed by atoms with Crippen molar-refractivity contribution in [3.63, 3.8) is 0 Å². The summed E-state index contributed by atoms with van der Waals surface area (Å²) in [5.41, 5.74) is 1.76. The molecule has 1 fully saturated rings. The molecule has 1 N–H and O–H groups in total. The molecule has 1 saturated heterocycles. The lowest BCUT2D eigenvalue weighted by Gasteiger charge is -2.34. The molecule has 1 atom stereocenters. The van der Waals surface area contributed by atoms with E-state index in [-0.39, 0.29) is 6.54 Å². The maximum absolute atomic E-state index is 14.1. The minimum absolute atomic E-state index is 0.245. The Kier molecular flexibility index (Phi) is 3.14. The van der Waals surface area contributed by atoms with Crippen LogP contribution in [0, 0.1) is 6.92 Å². The summed E-state index contributed by atoms with van der Waals surface area (Å²) in [7, 11) is 0. The van der Waals surface area contributed by atoms with Crippen LogP contribution in [-0.2, 0) is 0 Å². The summed E-state index contributed by atoms with van der Waals surface area (Å²) in [5, 5.41) is 3.77. The van der Waals surface area contributed by atoms with Crippen LogP contribution in [0.3, 0.4) is 0 Å². The molecule has 0 bridgehead atoms. The first kappa shape index (κ1) is 13.1. The monoisotopic (exact) mass is 328 g/mol. The quantitative estimate of drug-likeness (QED) is 0.840. The predicted octanol–water partition coefficient (Wildman–Crippen LogP) is 3.88. The molecule has 0 spiro atoms. The molecule has 1 aromatic carbocycles. The molecule has 1 aromatic heterocycles. The summed E-state index contributed by atoms with van der Waals surface area (Å²) < 4.78 is 31.0. The van der Waals surface area contributed by atoms with Gasteiger partial charge >= 0.3 is 0 Å². The largest absolute Gasteiger partial charge is 0.336 e. The zero-order valence-electron chi connectivity index (χ0n) is 10.6. The second kappa shape index (κ2) is 4.56. The lowest BCUT2D eigenvalue weighted by molar-refractivity contribution is -0.0649. The molecular weight excluding hydrogens is 314 g/mol. The molecule has 5 heteroatoms. The summed E-state index contributed by atoms with van der Waals surface area (Å²) in [6, 6.07) is 6.94. The van der Waals surface area contributed by atoms with Crippen LogP contribution in [0.2, 0.25) is 0 Å². The highest BCUT2D eigenvalue weighted by Gasteiger charge is 2.43. The van der Waals surface area contributed by atoms with Crippen molar-refractivity contribution in [2.45, 2.75) is 25.3 Å². The van der Waals surface area contributed by atoms with Gasteiger partial charge in [-0.15, -0.1) is 0 Å². The smallest absolute Gasteiger partial charge is 0.280 e. The first-order chi connectivity index (χ1) is 9.00. The van der Waals surface area contributed by atoms with Gasteiger partial charge in [-0.2, -0.15) is 0 Å². The first-order valence-corrected chi connectivity index (χ1v) is 7.14. The standard InChI is InChI=1S/C14H15BrF2N2/c1-9-7-10-11(15)3-2-4-12(10)19(9)13-5-6-18-8-14(13,16)17/h2-4,7,13,18H,5-6,8H2,1H3/t13-/m1/s1. The van der Waals surface area contributed by atoms with E-state index in [0.29, 0.717) is 13.0 Å². The fourth-order valence-electron chi connectivity index (χ4n) is 2.90. The van der Waals surface area contributed by atoms with Crippen molar-refractivity contribution in [2.75, 3.05) is 13.1 Å². The molecule has 2 aromatic rings. The maximum atomic E-state index is 14.1. The van der Waals surface area contributed by atoms with Crippen molar-refractivity contribution in [3.8, 4) is 0 Å². The van der Waals surface area contributed by atoms with Crippen LogP contribution in [0.4, 0.5) is 8.78 Å². The molecule has 3 rings (SSSR count). The number of hydrogen-bond donors (Lipinski definition) is 1. The Hall–Kier alpha value is -0.940. The van der Waals surface area contributed by atoms with Crippen molar-refractivity contribution in [2.24, 2.45) is 0 Å². The van der Waals surface area contributed by atoms with E-state index in [9.17, 15) is 8.78 Å². The Morgan fingerprint density at radius 3 is 2.95 bits per heavy atom. The summed E-state index contributed by atoms with van der Waals surface area (Å²) >= 11 is 3.48. The van der Waals surface area contributed by atoms with Gasteiger partial charge in [0.15, 0.2) is 0 Å². The molecule has 0 aliphatic carbocycles. The van der Waals surface area contributed by atoms with Gasteiger partial charge in [0.2, 0.25) is 0 Å². The van der Waals surface area contributed by atoms with Gasteiger partial charge in [-0.05, 0) is 38.1 Å². The number of hydrogen-bond acceptors (Lipinski definition) is 1. The maximum Gasteiger partial charge on any atom is 0.280 e. The van der Waals surface area contributed by atoms with E-state index in [2.05, 4.69) is 21.2 Å². The highest BCUT2D eigenvalue weighted by Crippen LogP contribution is 2.38. The molecule has 0 amide bonds. The average molecular weight is 329 g/mol. The van der Waals surface area contributed by atoms with Crippen molar-refractivity contribution in [3.05, 3.63) is 34.4 Å². The Labute approximate surface area is 118 Å². The molecule has 19 heavy (non-hydrogen) atoms. The van der Waals surface area contributed by atoms with Crippen molar-refractivity contribution in [1.29, 1.82) is 0 Å². The van der Waals surface area contributed by atoms with Gasteiger partial charge in [-0.25, -0.2) is 8.78 Å². The number of halogens is 3. The molecule has 0 saturated carbocycles. The highest BCUT2D eigenvalue weighted by atomic mass is 79.9. The molecular formula is C14H15BrF2N2. The summed E-state index contributed by atoms with van der Waals surface area (Å²) in [6.07, 6.45) is 0.449. The topological polar surface area (TPSA) is 17.0 Å². The van der Waals surface area contributed by atoms with Gasteiger partial charge in [0, 0.05) is 21.1 Å². The Balaban J connectivity index is 2.19. The van der Waals surface area contributed by atoms with Gasteiger partial charge in [0.1, 0.15) is 0 Å². The van der Waals surface area contributed by atoms with Gasteiger partial charge < -0.3 is 9.88 Å². The molecule has 2 nitrogen and oxygen atoms in total. The third-order valence-electron chi connectivity index (χ3n) is 3.78. The van der Waals surface area contributed by atoms with Gasteiger partial charge in [-0.3, -0.25) is 0 Å². The van der Waals surface area contributed by atoms with Gasteiger partial charge in [0.05, 0.1) is 12.6 Å². The fourth-order valence-corrected chi connectivity index (χ4v) is 3.37. The van der Waals surface area contributed by atoms with E-state index >= 15 is 0 Å². The number of fused-ring (bicyclic) bond motifs is 1. The second-order valence-corrected chi connectivity index (χ2v) is 5.92. The molecule has 1 aliphatic rings. The Morgan fingerprint density at radius 2 is 2.21 bits per heavy atom. The van der Waals surface area contributed by atoms with Crippen LogP contribution in [0.25, 0.3) is 10.9 Å². The number of benzene rings is 1. The number of nitrogens with zero attached hydrogens (tertiary/aromatic N) is 1. The molecule has 1 aliphatic heterocycles. The molecule has 0 unspecified atom stereocenters. The summed E-state index contributed by atoms with van der Waals surface area (Å²) in [4.78, 5) is 0. The van der Waals surface area contributed by atoms with Gasteiger partial charge in [-0.1, -0.05) is 22.0 Å². The number of aryl methyl sites for hydroxylation is 1. The minimum Gasteiger partial charge on any atom is -0.336 e. The number of piperidine rings is 1. The van der Waals surface area contributed by atoms with E-state index < -0.39 is 12.0 Å². The first-order valence-electron chi connectivity index (χ1n) is 6.35. The number of aromatic nitrogens is 1. The van der Waals surface area contributed by atoms with E-state index in [4.69, 9.17) is 0 Å². The molecule has 2 heterocycles. The Morgan fingerprint density at radius 1 is 1.42 bits per heavy atom. The molecule has 0 radical (unpaired) electrons. The minimum atomic E-state index is -2.71. The second-order valence-electron chi connectivity index (χ2n) is 5.07. The SMILES string of the molecule is Cc1cc2c(Br)cccc2n1[C@@H]1CCNCC1(F)F. The lowest BCUT2D eigenvalue weighted by atomic mass is 10.0. The molecule has 102 valence electrons. The van der Waals surface area contributed by atoms with Crippen LogP contribution in [0.15, 0.2) is 28.7 Å². The van der Waals surface area contributed by atoms with Crippen LogP contribution in [0.5, 0.6) is 0 Å². The van der Waals surface area contributed by atoms with Crippen molar-refractivity contribution in [1.82, 2.24) is 9.88 Å².